The van der Waals surface area contributed by atoms with Crippen LogP contribution in [0.15, 0.2) is 11.3 Å². The first-order chi connectivity index (χ1) is 9.30. The van der Waals surface area contributed by atoms with Crippen molar-refractivity contribution < 1.29 is 23.9 Å². The summed E-state index contributed by atoms with van der Waals surface area (Å²) in [5.74, 6) is -0.593. The predicted molar refractivity (Wildman–Crippen MR) is 72.8 cm³/mol. The number of hydrogen-bond donors (Lipinski definition) is 0. The van der Waals surface area contributed by atoms with E-state index in [9.17, 15) is 14.4 Å². The highest BCUT2D eigenvalue weighted by atomic mass is 32.2. The van der Waals surface area contributed by atoms with Crippen LogP contribution in [-0.4, -0.2) is 53.0 Å². The lowest BCUT2D eigenvalue weighted by molar-refractivity contribution is -0.166. The van der Waals surface area contributed by atoms with Gasteiger partial charge < -0.3 is 9.47 Å². The number of nitrogens with zero attached hydrogens (tertiary/aromatic N) is 1. The molecule has 0 saturated carbocycles. The summed E-state index contributed by atoms with van der Waals surface area (Å²) in [7, 11) is 1.45. The first-order valence-corrected chi connectivity index (χ1v) is 7.24. The van der Waals surface area contributed by atoms with Crippen LogP contribution in [0.4, 0.5) is 0 Å². The summed E-state index contributed by atoms with van der Waals surface area (Å²) < 4.78 is 10.4. The number of thioether (sulfide) groups is 1. The number of esters is 1. The molecule has 2 aliphatic heterocycles. The lowest BCUT2D eigenvalue weighted by Gasteiger charge is -2.48. The van der Waals surface area contributed by atoms with Crippen LogP contribution >= 0.6 is 11.8 Å². The normalized spacial score (nSPS) is 26.0. The van der Waals surface area contributed by atoms with E-state index in [4.69, 9.17) is 9.47 Å². The Morgan fingerprint density at radius 3 is 2.60 bits per heavy atom. The summed E-state index contributed by atoms with van der Waals surface area (Å²) in [6, 6.07) is 0. The molecule has 110 valence electrons. The molecule has 1 saturated heterocycles. The minimum absolute atomic E-state index is 0.0528. The first kappa shape index (κ1) is 15.1. The Balaban J connectivity index is 2.31. The van der Waals surface area contributed by atoms with Crippen molar-refractivity contribution >= 4 is 29.9 Å². The topological polar surface area (TPSA) is 72.9 Å². The number of carbonyl (C=O) groups is 3. The van der Waals surface area contributed by atoms with Crippen LogP contribution in [0.5, 0.6) is 0 Å². The lowest BCUT2D eigenvalue weighted by atomic mass is 10.1. The molecule has 2 rings (SSSR count). The molecule has 0 aromatic carbocycles. The van der Waals surface area contributed by atoms with E-state index in [1.54, 1.807) is 20.8 Å². The van der Waals surface area contributed by atoms with Crippen molar-refractivity contribution in [2.45, 2.75) is 37.9 Å². The van der Waals surface area contributed by atoms with Crippen LogP contribution in [0.2, 0.25) is 0 Å². The second-order valence-corrected chi connectivity index (χ2v) is 6.66. The van der Waals surface area contributed by atoms with Crippen molar-refractivity contribution in [3.05, 3.63) is 11.3 Å². The largest absolute Gasteiger partial charge is 0.455 e. The molecule has 0 spiro atoms. The highest BCUT2D eigenvalue weighted by molar-refractivity contribution is 8.00. The van der Waals surface area contributed by atoms with Gasteiger partial charge in [-0.1, -0.05) is 0 Å². The van der Waals surface area contributed by atoms with Gasteiger partial charge in [0.05, 0.1) is 0 Å². The molecule has 0 radical (unpaired) electrons. The molecule has 7 heteroatoms. The molecule has 0 N–H and O–H groups in total. The summed E-state index contributed by atoms with van der Waals surface area (Å²) in [4.78, 5) is 36.7. The van der Waals surface area contributed by atoms with E-state index < -0.39 is 17.7 Å². The van der Waals surface area contributed by atoms with Gasteiger partial charge in [0.15, 0.2) is 6.10 Å². The summed E-state index contributed by atoms with van der Waals surface area (Å²) in [5, 5.41) is -0.265. The van der Waals surface area contributed by atoms with Crippen molar-refractivity contribution in [1.82, 2.24) is 4.90 Å². The van der Waals surface area contributed by atoms with Crippen molar-refractivity contribution in [3.63, 3.8) is 0 Å². The standard InChI is InChI=1S/C13H17NO5S/c1-13(2,3)19-12(17)8-7(5-15)6-20-11-9(18-4)10(16)14(8)11/h5,9,11H,6H2,1-4H3/t9-,11?/m0/s1. The van der Waals surface area contributed by atoms with Crippen LogP contribution in [0.25, 0.3) is 0 Å². The summed E-state index contributed by atoms with van der Waals surface area (Å²) >= 11 is 1.40. The van der Waals surface area contributed by atoms with E-state index >= 15 is 0 Å². The second-order valence-electron chi connectivity index (χ2n) is 5.56. The van der Waals surface area contributed by atoms with E-state index in [-0.39, 0.29) is 22.6 Å². The maximum absolute atomic E-state index is 12.2. The highest BCUT2D eigenvalue weighted by Crippen LogP contribution is 2.41. The highest BCUT2D eigenvalue weighted by Gasteiger charge is 2.54. The number of rotatable bonds is 3. The zero-order chi connectivity index (χ0) is 15.1. The quantitative estimate of drug-likeness (QED) is 0.434. The maximum atomic E-state index is 12.2. The fourth-order valence-corrected chi connectivity index (χ4v) is 3.41. The molecule has 0 aromatic heterocycles. The Labute approximate surface area is 121 Å². The molecular weight excluding hydrogens is 282 g/mol. The second kappa shape index (κ2) is 5.21. The molecule has 2 aliphatic rings. The Morgan fingerprint density at radius 2 is 2.10 bits per heavy atom. The molecule has 20 heavy (non-hydrogen) atoms. The monoisotopic (exact) mass is 299 g/mol. The number of ether oxygens (including phenoxy) is 2. The minimum Gasteiger partial charge on any atom is -0.455 e. The average molecular weight is 299 g/mol. The SMILES string of the molecule is CO[C@H]1C(=O)N2C(C(=O)OC(C)(C)C)=C(C=O)CSC12. The fourth-order valence-electron chi connectivity index (χ4n) is 2.10. The molecule has 1 unspecified atom stereocenters. The molecular formula is C13H17NO5S. The van der Waals surface area contributed by atoms with Crippen LogP contribution in [0, 0.1) is 0 Å². The molecule has 1 amide bonds. The molecule has 6 nitrogen and oxygen atoms in total. The van der Waals surface area contributed by atoms with E-state index in [1.807, 2.05) is 0 Å². The van der Waals surface area contributed by atoms with Gasteiger partial charge in [0.25, 0.3) is 5.91 Å². The fraction of sp³-hybridized carbons (Fsp3) is 0.615. The van der Waals surface area contributed by atoms with Crippen molar-refractivity contribution in [1.29, 1.82) is 0 Å². The molecule has 0 aromatic rings. The molecule has 2 atom stereocenters. The van der Waals surface area contributed by atoms with Gasteiger partial charge in [-0.3, -0.25) is 14.5 Å². The Kier molecular flexibility index (Phi) is 3.93. The van der Waals surface area contributed by atoms with Gasteiger partial charge in [0.2, 0.25) is 0 Å². The third kappa shape index (κ3) is 2.47. The predicted octanol–water partition coefficient (Wildman–Crippen LogP) is 0.711. The number of fused-ring (bicyclic) bond motifs is 1. The molecule has 1 fully saturated rings. The van der Waals surface area contributed by atoms with Crippen LogP contribution in [0.1, 0.15) is 20.8 Å². The number of methoxy groups -OCH3 is 1. The Morgan fingerprint density at radius 1 is 1.45 bits per heavy atom. The van der Waals surface area contributed by atoms with Crippen molar-refractivity contribution in [2.24, 2.45) is 0 Å². The molecule has 2 heterocycles. The lowest BCUT2D eigenvalue weighted by Crippen LogP contribution is -2.65. The van der Waals surface area contributed by atoms with Gasteiger partial charge in [-0.25, -0.2) is 4.79 Å². The van der Waals surface area contributed by atoms with Gasteiger partial charge in [-0.05, 0) is 20.8 Å². The van der Waals surface area contributed by atoms with Crippen LogP contribution < -0.4 is 0 Å². The van der Waals surface area contributed by atoms with E-state index in [1.165, 1.54) is 23.8 Å². The van der Waals surface area contributed by atoms with Gasteiger partial charge in [-0.15, -0.1) is 11.8 Å². The molecule has 0 aliphatic carbocycles. The smallest absolute Gasteiger partial charge is 0.356 e. The summed E-state index contributed by atoms with van der Waals surface area (Å²) in [5.41, 5.74) is -0.354. The van der Waals surface area contributed by atoms with E-state index in [0.29, 0.717) is 12.0 Å². The Bertz CT molecular complexity index is 493. The maximum Gasteiger partial charge on any atom is 0.356 e. The van der Waals surface area contributed by atoms with Gasteiger partial charge in [0.1, 0.15) is 23.0 Å². The molecule has 0 bridgehead atoms. The zero-order valence-electron chi connectivity index (χ0n) is 11.8. The van der Waals surface area contributed by atoms with E-state index in [0.717, 1.165) is 0 Å². The number of hydrogen-bond acceptors (Lipinski definition) is 6. The number of amides is 1. The van der Waals surface area contributed by atoms with Gasteiger partial charge in [-0.2, -0.15) is 0 Å². The van der Waals surface area contributed by atoms with Crippen LogP contribution in [-0.2, 0) is 23.9 Å². The number of β-lactam (4-membered cyclic amide) rings is 1. The zero-order valence-corrected chi connectivity index (χ0v) is 12.7. The van der Waals surface area contributed by atoms with Crippen molar-refractivity contribution in [3.8, 4) is 0 Å². The number of carbonyl (C=O) groups excluding carboxylic acids is 3. The third-order valence-corrected chi connectivity index (χ3v) is 4.21. The Hall–Kier alpha value is -1.34. The summed E-state index contributed by atoms with van der Waals surface area (Å²) in [6.45, 7) is 5.20. The van der Waals surface area contributed by atoms with Crippen LogP contribution in [0.3, 0.4) is 0 Å². The summed E-state index contributed by atoms with van der Waals surface area (Å²) in [6.07, 6.45) is 0.0428. The first-order valence-electron chi connectivity index (χ1n) is 6.19. The van der Waals surface area contributed by atoms with Crippen molar-refractivity contribution in [2.75, 3.05) is 12.9 Å². The average Bonchev–Trinajstić information content (AvgIpc) is 2.35. The van der Waals surface area contributed by atoms with Gasteiger partial charge in [0, 0.05) is 18.4 Å². The van der Waals surface area contributed by atoms with E-state index in [2.05, 4.69) is 0 Å². The van der Waals surface area contributed by atoms with Gasteiger partial charge >= 0.3 is 5.97 Å². The third-order valence-electron chi connectivity index (χ3n) is 2.94. The minimum atomic E-state index is -0.688. The number of aldehydes is 1.